The molecule has 3 aliphatic heterocycles. The van der Waals surface area contributed by atoms with Crippen LogP contribution in [0.1, 0.15) is 57.4 Å². The van der Waals surface area contributed by atoms with Crippen LogP contribution in [0.25, 0.3) is 0 Å². The minimum Gasteiger partial charge on any atom is -0.430 e. The van der Waals surface area contributed by atoms with Gasteiger partial charge in [-0.05, 0) is 50.4 Å². The predicted molar refractivity (Wildman–Crippen MR) is 123 cm³/mol. The summed E-state index contributed by atoms with van der Waals surface area (Å²) in [6, 6.07) is 6.87. The second-order valence-corrected chi connectivity index (χ2v) is 10.2. The van der Waals surface area contributed by atoms with Gasteiger partial charge in [0, 0.05) is 26.3 Å². The first-order valence-electron chi connectivity index (χ1n) is 12.1. The van der Waals surface area contributed by atoms with Gasteiger partial charge in [0.15, 0.2) is 6.23 Å². The maximum Gasteiger partial charge on any atom is 0.416 e. The van der Waals surface area contributed by atoms with Gasteiger partial charge in [0.25, 0.3) is 0 Å². The monoisotopic (exact) mass is 442 g/mol. The third-order valence-corrected chi connectivity index (χ3v) is 7.63. The third kappa shape index (κ3) is 4.00. The summed E-state index contributed by atoms with van der Waals surface area (Å²) in [6.45, 7) is 6.85. The molecule has 0 aromatic heterocycles. The summed E-state index contributed by atoms with van der Waals surface area (Å²) in [4.78, 5) is 29.2. The van der Waals surface area contributed by atoms with E-state index in [-0.39, 0.29) is 24.3 Å². The smallest absolute Gasteiger partial charge is 0.416 e. The predicted octanol–water partition coefficient (Wildman–Crippen LogP) is 2.70. The molecule has 3 heterocycles. The van der Waals surface area contributed by atoms with Gasteiger partial charge in [-0.2, -0.15) is 5.43 Å². The molecule has 2 N–H and O–H groups in total. The lowest BCUT2D eigenvalue weighted by atomic mass is 9.96. The van der Waals surface area contributed by atoms with E-state index in [1.807, 2.05) is 13.0 Å². The summed E-state index contributed by atoms with van der Waals surface area (Å²) in [5, 5.41) is 3.29. The van der Waals surface area contributed by atoms with Crippen molar-refractivity contribution in [3.05, 3.63) is 23.8 Å². The summed E-state index contributed by atoms with van der Waals surface area (Å²) < 4.78 is 6.75. The molecule has 0 bridgehead atoms. The summed E-state index contributed by atoms with van der Waals surface area (Å²) in [5.41, 5.74) is 6.49. The summed E-state index contributed by atoms with van der Waals surface area (Å²) >= 11 is 0. The molecule has 4 aliphatic rings. The van der Waals surface area contributed by atoms with Crippen LogP contribution in [0.15, 0.2) is 18.2 Å². The molecule has 1 saturated carbocycles. The molecule has 1 aromatic rings. The van der Waals surface area contributed by atoms with Gasteiger partial charge in [-0.25, -0.2) is 9.39 Å². The number of nitrogens with zero attached hydrogens (tertiary/aromatic N) is 3. The van der Waals surface area contributed by atoms with Crippen molar-refractivity contribution in [1.82, 2.24) is 10.7 Å². The first-order chi connectivity index (χ1) is 15.4. The number of amides is 2. The van der Waals surface area contributed by atoms with Crippen molar-refractivity contribution >= 4 is 23.4 Å². The number of fused-ring (bicyclic) bond motifs is 1. The number of ether oxygens (including phenoxy) is 1. The number of quaternary nitrogens is 1. The van der Waals surface area contributed by atoms with Crippen molar-refractivity contribution in [2.45, 2.75) is 70.2 Å². The molecule has 8 heteroatoms. The highest BCUT2D eigenvalue weighted by molar-refractivity contribution is 6.02. The summed E-state index contributed by atoms with van der Waals surface area (Å²) in [5.74, 6) is 0.378. The Morgan fingerprint density at radius 3 is 2.66 bits per heavy atom. The highest BCUT2D eigenvalue weighted by Crippen LogP contribution is 2.41. The van der Waals surface area contributed by atoms with Crippen molar-refractivity contribution in [3.63, 3.8) is 0 Å². The van der Waals surface area contributed by atoms with Crippen LogP contribution < -0.4 is 20.5 Å². The zero-order valence-corrected chi connectivity index (χ0v) is 19.5. The molecule has 3 fully saturated rings. The molecule has 2 saturated heterocycles. The highest BCUT2D eigenvalue weighted by atomic mass is 16.6. The second-order valence-electron chi connectivity index (χ2n) is 10.2. The number of nitrogens with one attached hydrogen (secondary N) is 2. The van der Waals surface area contributed by atoms with E-state index in [1.165, 1.54) is 18.4 Å². The number of likely N-dealkylation sites (N-methyl/N-ethyl adjacent to an activating group) is 1. The number of carbonyl (C=O) groups is 2. The Labute approximate surface area is 190 Å². The Kier molecular flexibility index (Phi) is 5.63. The van der Waals surface area contributed by atoms with E-state index in [4.69, 9.17) is 4.74 Å². The Morgan fingerprint density at radius 1 is 1.16 bits per heavy atom. The Bertz CT molecular complexity index is 898. The van der Waals surface area contributed by atoms with Gasteiger partial charge < -0.3 is 9.64 Å². The molecule has 4 unspecified atom stereocenters. The number of rotatable bonds is 3. The Balaban J connectivity index is 1.43. The Morgan fingerprint density at radius 2 is 1.97 bits per heavy atom. The van der Waals surface area contributed by atoms with Gasteiger partial charge in [0.2, 0.25) is 5.91 Å². The average molecular weight is 443 g/mol. The first-order valence-corrected chi connectivity index (χ1v) is 12.1. The van der Waals surface area contributed by atoms with Gasteiger partial charge in [-0.3, -0.25) is 15.0 Å². The molecular formula is C24H36N5O3+. The maximum absolute atomic E-state index is 13.2. The van der Waals surface area contributed by atoms with Crippen molar-refractivity contribution in [2.75, 3.05) is 43.0 Å². The van der Waals surface area contributed by atoms with E-state index in [0.29, 0.717) is 12.5 Å². The van der Waals surface area contributed by atoms with Crippen LogP contribution in [0.5, 0.6) is 0 Å². The topological polar surface area (TPSA) is 73.9 Å². The van der Waals surface area contributed by atoms with Crippen LogP contribution in [0, 0.1) is 0 Å². The van der Waals surface area contributed by atoms with Crippen molar-refractivity contribution in [2.24, 2.45) is 0 Å². The molecule has 8 nitrogen and oxygen atoms in total. The van der Waals surface area contributed by atoms with E-state index in [2.05, 4.69) is 29.9 Å². The minimum absolute atomic E-state index is 0.00558. The zero-order chi connectivity index (χ0) is 22.5. The molecule has 4 atom stereocenters. The molecule has 5 rings (SSSR count). The second kappa shape index (κ2) is 8.32. The van der Waals surface area contributed by atoms with Gasteiger partial charge in [0.05, 0.1) is 36.9 Å². The number of carbonyl (C=O) groups excluding carboxylic acids is 2. The van der Waals surface area contributed by atoms with Gasteiger partial charge in [-0.1, -0.05) is 6.07 Å². The zero-order valence-electron chi connectivity index (χ0n) is 19.5. The highest BCUT2D eigenvalue weighted by Gasteiger charge is 2.47. The molecule has 174 valence electrons. The fourth-order valence-electron chi connectivity index (χ4n) is 5.71. The van der Waals surface area contributed by atoms with E-state index in [1.54, 1.807) is 16.7 Å². The fraction of sp³-hybridized carbons (Fsp3) is 0.667. The summed E-state index contributed by atoms with van der Waals surface area (Å²) in [6.07, 6.45) is 5.03. The van der Waals surface area contributed by atoms with Crippen LogP contribution in [-0.4, -0.2) is 68.1 Å². The SMILES string of the molecule is CC(=O)N1c2ccc(C3CN[N+](C)(C4CC4)C3)cc2N(C(=O)OC2CCCCN2)CC1C. The fourth-order valence-corrected chi connectivity index (χ4v) is 5.71. The van der Waals surface area contributed by atoms with E-state index < -0.39 is 0 Å². The van der Waals surface area contributed by atoms with E-state index in [0.717, 1.165) is 60.9 Å². The van der Waals surface area contributed by atoms with Crippen LogP contribution in [0.3, 0.4) is 0 Å². The van der Waals surface area contributed by atoms with Gasteiger partial charge in [0.1, 0.15) is 12.6 Å². The minimum atomic E-state index is -0.332. The molecular weight excluding hydrogens is 406 g/mol. The van der Waals surface area contributed by atoms with Crippen molar-refractivity contribution in [3.8, 4) is 0 Å². The van der Waals surface area contributed by atoms with Crippen LogP contribution >= 0.6 is 0 Å². The number of anilines is 2. The molecule has 0 spiro atoms. The quantitative estimate of drug-likeness (QED) is 0.704. The average Bonchev–Trinajstić information content (AvgIpc) is 3.56. The normalized spacial score (nSPS) is 32.5. The third-order valence-electron chi connectivity index (χ3n) is 7.63. The number of hydrogen-bond acceptors (Lipinski definition) is 5. The Hall–Kier alpha value is -2.16. The van der Waals surface area contributed by atoms with E-state index >= 15 is 0 Å². The van der Waals surface area contributed by atoms with Crippen LogP contribution in [-0.2, 0) is 9.53 Å². The number of hydrogen-bond donors (Lipinski definition) is 2. The summed E-state index contributed by atoms with van der Waals surface area (Å²) in [7, 11) is 2.29. The molecule has 0 radical (unpaired) electrons. The van der Waals surface area contributed by atoms with Crippen molar-refractivity contribution < 1.29 is 18.9 Å². The molecule has 1 aliphatic carbocycles. The lowest BCUT2D eigenvalue weighted by Gasteiger charge is -2.41. The van der Waals surface area contributed by atoms with Crippen LogP contribution in [0.2, 0.25) is 0 Å². The van der Waals surface area contributed by atoms with Crippen LogP contribution in [0.4, 0.5) is 16.2 Å². The molecule has 32 heavy (non-hydrogen) atoms. The largest absolute Gasteiger partial charge is 0.430 e. The molecule has 1 aromatic carbocycles. The van der Waals surface area contributed by atoms with E-state index in [9.17, 15) is 9.59 Å². The van der Waals surface area contributed by atoms with Gasteiger partial charge in [-0.15, -0.1) is 0 Å². The molecule has 2 amide bonds. The first kappa shape index (κ1) is 21.7. The lowest BCUT2D eigenvalue weighted by Crippen LogP contribution is -2.52. The maximum atomic E-state index is 13.2. The lowest BCUT2D eigenvalue weighted by molar-refractivity contribution is -0.950. The number of piperidine rings is 1. The standard InChI is InChI=1S/C24H36N5O3/c1-16-14-27(24(31)32-23-6-4-5-11-25-23)22-12-18(7-10-21(22)28(16)17(2)30)19-13-26-29(3,15-19)20-8-9-20/h7,10,12,16,19-20,23,25-26H,4-6,8-9,11,13-15H2,1-3H3/q+1. The van der Waals surface area contributed by atoms with Gasteiger partial charge >= 0.3 is 6.09 Å². The van der Waals surface area contributed by atoms with Crippen molar-refractivity contribution in [1.29, 1.82) is 0 Å². The number of benzene rings is 1.